The summed E-state index contributed by atoms with van der Waals surface area (Å²) in [6.45, 7) is 3.73. The van der Waals surface area contributed by atoms with E-state index in [1.807, 2.05) is 22.9 Å². The molecule has 6 heteroatoms. The van der Waals surface area contributed by atoms with Crippen molar-refractivity contribution < 1.29 is 0 Å². The number of nitrogens with zero attached hydrogens (tertiary/aromatic N) is 3. The molecule has 2 N–H and O–H groups in total. The van der Waals surface area contributed by atoms with Gasteiger partial charge in [-0.2, -0.15) is 0 Å². The molecule has 0 spiro atoms. The Bertz CT molecular complexity index is 488. The number of thiocarbonyl (C=S) groups is 1. The Morgan fingerprint density at radius 1 is 1.71 bits per heavy atom. The average molecular weight is 268 g/mol. The molecular weight excluding hydrogens is 252 g/mol. The predicted octanol–water partition coefficient (Wildman–Crippen LogP) is 1.75. The molecule has 4 nitrogen and oxygen atoms in total. The van der Waals surface area contributed by atoms with E-state index in [0.717, 1.165) is 23.7 Å². The second-order valence-electron chi connectivity index (χ2n) is 4.33. The van der Waals surface area contributed by atoms with Gasteiger partial charge in [-0.3, -0.25) is 9.30 Å². The molecule has 92 valence electrons. The maximum absolute atomic E-state index is 5.61. The minimum Gasteiger partial charge on any atom is -0.393 e. The van der Waals surface area contributed by atoms with Crippen molar-refractivity contribution in [3.8, 4) is 0 Å². The van der Waals surface area contributed by atoms with Crippen molar-refractivity contribution in [1.29, 1.82) is 0 Å². The Morgan fingerprint density at radius 2 is 2.47 bits per heavy atom. The summed E-state index contributed by atoms with van der Waals surface area (Å²) < 4.78 is 2.05. The lowest BCUT2D eigenvalue weighted by molar-refractivity contribution is 0.305. The number of thiazole rings is 1. The van der Waals surface area contributed by atoms with Crippen molar-refractivity contribution in [2.24, 2.45) is 11.7 Å². The fraction of sp³-hybridized carbons (Fsp3) is 0.455. The van der Waals surface area contributed by atoms with Gasteiger partial charge in [-0.25, -0.2) is 4.98 Å². The zero-order valence-electron chi connectivity index (χ0n) is 9.96. The van der Waals surface area contributed by atoms with Gasteiger partial charge in [-0.1, -0.05) is 19.1 Å². The fourth-order valence-corrected chi connectivity index (χ4v) is 2.54. The van der Waals surface area contributed by atoms with Crippen LogP contribution in [0.15, 0.2) is 17.8 Å². The summed E-state index contributed by atoms with van der Waals surface area (Å²) in [5.74, 6) is 0.235. The molecular formula is C11H16N4S2. The highest BCUT2D eigenvalue weighted by Crippen LogP contribution is 2.12. The molecule has 17 heavy (non-hydrogen) atoms. The molecule has 2 aromatic rings. The summed E-state index contributed by atoms with van der Waals surface area (Å²) in [7, 11) is 2.06. The van der Waals surface area contributed by atoms with Gasteiger partial charge in [-0.15, -0.1) is 11.3 Å². The summed E-state index contributed by atoms with van der Waals surface area (Å²) in [5.41, 5.74) is 6.69. The van der Waals surface area contributed by atoms with Crippen LogP contribution in [0.25, 0.3) is 4.96 Å². The second-order valence-corrected chi connectivity index (χ2v) is 5.67. The normalized spacial score (nSPS) is 13.4. The summed E-state index contributed by atoms with van der Waals surface area (Å²) in [4.78, 5) is 8.34. The molecule has 0 saturated carbocycles. The molecule has 0 aromatic carbocycles. The number of aromatic nitrogens is 2. The molecule has 0 aliphatic carbocycles. The lowest BCUT2D eigenvalue weighted by Crippen LogP contribution is -2.31. The van der Waals surface area contributed by atoms with Crippen LogP contribution in [0.1, 0.15) is 12.6 Å². The molecule has 2 aromatic heterocycles. The predicted molar refractivity (Wildman–Crippen MR) is 75.4 cm³/mol. The molecule has 1 unspecified atom stereocenters. The van der Waals surface area contributed by atoms with E-state index in [4.69, 9.17) is 18.0 Å². The molecule has 0 fully saturated rings. The monoisotopic (exact) mass is 268 g/mol. The maximum atomic E-state index is 5.61. The van der Waals surface area contributed by atoms with E-state index in [0.29, 0.717) is 4.99 Å². The SMILES string of the molecule is CC(CN(C)Cc1cn2ccsc2n1)C(N)=S. The largest absolute Gasteiger partial charge is 0.393 e. The molecule has 0 saturated heterocycles. The van der Waals surface area contributed by atoms with E-state index in [2.05, 4.69) is 23.1 Å². The number of hydrogen-bond acceptors (Lipinski definition) is 4. The maximum Gasteiger partial charge on any atom is 0.193 e. The Hall–Kier alpha value is -0.980. The number of nitrogens with two attached hydrogens (primary N) is 1. The van der Waals surface area contributed by atoms with Crippen LogP contribution in [0.3, 0.4) is 0 Å². The van der Waals surface area contributed by atoms with Gasteiger partial charge in [0.25, 0.3) is 0 Å². The zero-order valence-corrected chi connectivity index (χ0v) is 11.6. The van der Waals surface area contributed by atoms with E-state index < -0.39 is 0 Å². The molecule has 1 atom stereocenters. The van der Waals surface area contributed by atoms with Crippen molar-refractivity contribution in [3.63, 3.8) is 0 Å². The molecule has 2 rings (SSSR count). The Balaban J connectivity index is 1.96. The summed E-state index contributed by atoms with van der Waals surface area (Å²) in [6, 6.07) is 0. The van der Waals surface area contributed by atoms with Crippen molar-refractivity contribution >= 4 is 33.5 Å². The first kappa shape index (κ1) is 12.5. The third-order valence-corrected chi connectivity index (χ3v) is 3.82. The van der Waals surface area contributed by atoms with Crippen molar-refractivity contribution in [2.45, 2.75) is 13.5 Å². The number of fused-ring (bicyclic) bond motifs is 1. The van der Waals surface area contributed by atoms with Crippen LogP contribution in [0.5, 0.6) is 0 Å². The van der Waals surface area contributed by atoms with Crippen molar-refractivity contribution in [2.75, 3.05) is 13.6 Å². The van der Waals surface area contributed by atoms with Crippen molar-refractivity contribution in [1.82, 2.24) is 14.3 Å². The van der Waals surface area contributed by atoms with Gasteiger partial charge < -0.3 is 5.73 Å². The quantitative estimate of drug-likeness (QED) is 0.839. The van der Waals surface area contributed by atoms with Gasteiger partial charge in [0, 0.05) is 36.8 Å². The van der Waals surface area contributed by atoms with Gasteiger partial charge >= 0.3 is 0 Å². The van der Waals surface area contributed by atoms with Crippen LogP contribution >= 0.6 is 23.6 Å². The van der Waals surface area contributed by atoms with Gasteiger partial charge in [0.15, 0.2) is 4.96 Å². The second kappa shape index (κ2) is 5.12. The Labute approximate surface area is 110 Å². The minimum absolute atomic E-state index is 0.235. The van der Waals surface area contributed by atoms with Crippen LogP contribution in [0, 0.1) is 5.92 Å². The first-order valence-electron chi connectivity index (χ1n) is 5.45. The highest BCUT2D eigenvalue weighted by atomic mass is 32.1. The first-order valence-corrected chi connectivity index (χ1v) is 6.74. The first-order chi connectivity index (χ1) is 8.06. The van der Waals surface area contributed by atoms with Crippen LogP contribution < -0.4 is 5.73 Å². The van der Waals surface area contributed by atoms with Gasteiger partial charge in [-0.05, 0) is 7.05 Å². The van der Waals surface area contributed by atoms with E-state index in [1.54, 1.807) is 11.3 Å². The Kier molecular flexibility index (Phi) is 3.76. The lowest BCUT2D eigenvalue weighted by Gasteiger charge is -2.19. The topological polar surface area (TPSA) is 46.6 Å². The number of imidazole rings is 1. The minimum atomic E-state index is 0.235. The van der Waals surface area contributed by atoms with E-state index in [-0.39, 0.29) is 5.92 Å². The van der Waals surface area contributed by atoms with E-state index in [9.17, 15) is 0 Å². The fourth-order valence-electron chi connectivity index (χ4n) is 1.75. The Morgan fingerprint density at radius 3 is 3.12 bits per heavy atom. The van der Waals surface area contributed by atoms with Gasteiger partial charge in [0.2, 0.25) is 0 Å². The average Bonchev–Trinajstić information content (AvgIpc) is 2.76. The lowest BCUT2D eigenvalue weighted by atomic mass is 10.2. The summed E-state index contributed by atoms with van der Waals surface area (Å²) in [6.07, 6.45) is 4.09. The van der Waals surface area contributed by atoms with Crippen LogP contribution in [0.2, 0.25) is 0 Å². The van der Waals surface area contributed by atoms with Gasteiger partial charge in [0.05, 0.1) is 10.7 Å². The molecule has 0 aliphatic heterocycles. The molecule has 0 radical (unpaired) electrons. The van der Waals surface area contributed by atoms with Crippen LogP contribution in [0.4, 0.5) is 0 Å². The van der Waals surface area contributed by atoms with Crippen molar-refractivity contribution in [3.05, 3.63) is 23.5 Å². The summed E-state index contributed by atoms with van der Waals surface area (Å²) >= 11 is 6.62. The standard InChI is InChI=1S/C11H16N4S2/c1-8(10(12)16)5-14(2)6-9-7-15-3-4-17-11(15)13-9/h3-4,7-8H,5-6H2,1-2H3,(H2,12,16). The van der Waals surface area contributed by atoms with E-state index in [1.165, 1.54) is 0 Å². The van der Waals surface area contributed by atoms with Crippen LogP contribution in [-0.2, 0) is 6.54 Å². The molecule has 2 heterocycles. The highest BCUT2D eigenvalue weighted by molar-refractivity contribution is 7.80. The number of rotatable bonds is 5. The summed E-state index contributed by atoms with van der Waals surface area (Å²) in [5, 5.41) is 2.03. The molecule has 0 amide bonds. The third-order valence-electron chi connectivity index (χ3n) is 2.65. The van der Waals surface area contributed by atoms with Crippen LogP contribution in [-0.4, -0.2) is 32.9 Å². The van der Waals surface area contributed by atoms with E-state index >= 15 is 0 Å². The number of hydrogen-bond donors (Lipinski definition) is 1. The van der Waals surface area contributed by atoms with Gasteiger partial charge in [0.1, 0.15) is 0 Å². The molecule has 0 aliphatic rings. The highest BCUT2D eigenvalue weighted by Gasteiger charge is 2.11. The smallest absolute Gasteiger partial charge is 0.193 e. The zero-order chi connectivity index (χ0) is 12.4. The third kappa shape index (κ3) is 3.02. The molecule has 0 bridgehead atoms.